The van der Waals surface area contributed by atoms with E-state index in [2.05, 4.69) is 9.97 Å². The Morgan fingerprint density at radius 1 is 1.35 bits per heavy atom. The van der Waals surface area contributed by atoms with E-state index in [1.165, 1.54) is 0 Å². The number of rotatable bonds is 3. The molecule has 7 nitrogen and oxygen atoms in total. The standard InChI is InChI=1S/C19H26N4O3/c1-19(2,3)26-18(24)23-8-4-5-13(11-23)12-25-17-10-21-16-9-14(20)6-7-15(16)22-17/h6-7,9-10,13H,4-5,8,11-12,20H2,1-3H3/t13-/m0/s1. The first-order chi connectivity index (χ1) is 12.3. The van der Waals surface area contributed by atoms with Crippen LogP contribution in [0.25, 0.3) is 11.0 Å². The van der Waals surface area contributed by atoms with Gasteiger partial charge in [0.25, 0.3) is 0 Å². The van der Waals surface area contributed by atoms with Crippen LogP contribution in [-0.2, 0) is 4.74 Å². The SMILES string of the molecule is CC(C)(C)OC(=O)N1CCC[C@H](COc2cnc3cc(N)ccc3n2)C1. The van der Waals surface area contributed by atoms with Crippen molar-refractivity contribution in [1.82, 2.24) is 14.9 Å². The number of hydrogen-bond acceptors (Lipinski definition) is 6. The third kappa shape index (κ3) is 4.74. The van der Waals surface area contributed by atoms with Gasteiger partial charge in [-0.1, -0.05) is 0 Å². The van der Waals surface area contributed by atoms with Gasteiger partial charge in [0.2, 0.25) is 5.88 Å². The van der Waals surface area contributed by atoms with Crippen LogP contribution in [0.1, 0.15) is 33.6 Å². The second-order valence-corrected chi connectivity index (χ2v) is 7.70. The molecule has 0 unspecified atom stereocenters. The van der Waals surface area contributed by atoms with E-state index >= 15 is 0 Å². The molecule has 2 heterocycles. The Labute approximate surface area is 153 Å². The van der Waals surface area contributed by atoms with Gasteiger partial charge in [-0.05, 0) is 51.8 Å². The first kappa shape index (κ1) is 18.2. The highest BCUT2D eigenvalue weighted by atomic mass is 16.6. The molecule has 26 heavy (non-hydrogen) atoms. The molecule has 1 aromatic carbocycles. The number of amides is 1. The first-order valence-corrected chi connectivity index (χ1v) is 8.93. The first-order valence-electron chi connectivity index (χ1n) is 8.93. The molecule has 1 amide bonds. The Morgan fingerprint density at radius 3 is 2.92 bits per heavy atom. The van der Waals surface area contributed by atoms with E-state index in [-0.39, 0.29) is 12.0 Å². The summed E-state index contributed by atoms with van der Waals surface area (Å²) in [6.45, 7) is 7.48. The summed E-state index contributed by atoms with van der Waals surface area (Å²) in [4.78, 5) is 22.8. The van der Waals surface area contributed by atoms with Crippen LogP contribution in [0.5, 0.6) is 5.88 Å². The van der Waals surface area contributed by atoms with Crippen LogP contribution in [0.4, 0.5) is 10.5 Å². The van der Waals surface area contributed by atoms with Gasteiger partial charge in [0.1, 0.15) is 5.60 Å². The molecule has 3 rings (SSSR count). The van der Waals surface area contributed by atoms with E-state index in [0.717, 1.165) is 30.4 Å². The summed E-state index contributed by atoms with van der Waals surface area (Å²) in [5.41, 5.74) is 7.42. The molecule has 0 aliphatic carbocycles. The van der Waals surface area contributed by atoms with E-state index in [0.29, 0.717) is 24.7 Å². The zero-order chi connectivity index (χ0) is 18.7. The molecule has 7 heteroatoms. The van der Waals surface area contributed by atoms with Crippen LogP contribution in [0, 0.1) is 5.92 Å². The van der Waals surface area contributed by atoms with E-state index in [4.69, 9.17) is 15.2 Å². The van der Waals surface area contributed by atoms with E-state index < -0.39 is 5.60 Å². The zero-order valence-electron chi connectivity index (χ0n) is 15.6. The van der Waals surface area contributed by atoms with Gasteiger partial charge in [-0.3, -0.25) is 0 Å². The third-order valence-electron chi connectivity index (χ3n) is 4.18. The minimum Gasteiger partial charge on any atom is -0.476 e. The van der Waals surface area contributed by atoms with Gasteiger partial charge in [0.15, 0.2) is 0 Å². The summed E-state index contributed by atoms with van der Waals surface area (Å²) in [7, 11) is 0. The predicted octanol–water partition coefficient (Wildman–Crippen LogP) is 3.24. The number of hydrogen-bond donors (Lipinski definition) is 1. The number of anilines is 1. The number of fused-ring (bicyclic) bond motifs is 1. The van der Waals surface area contributed by atoms with Gasteiger partial charge in [-0.25, -0.2) is 14.8 Å². The fourth-order valence-corrected chi connectivity index (χ4v) is 2.98. The van der Waals surface area contributed by atoms with Crippen molar-refractivity contribution in [2.24, 2.45) is 5.92 Å². The average Bonchev–Trinajstić information content (AvgIpc) is 2.58. The number of carbonyl (C=O) groups excluding carboxylic acids is 1. The lowest BCUT2D eigenvalue weighted by Gasteiger charge is -2.33. The normalized spacial score (nSPS) is 18.0. The summed E-state index contributed by atoms with van der Waals surface area (Å²) in [5.74, 6) is 0.733. The maximum Gasteiger partial charge on any atom is 0.410 e. The highest BCUT2D eigenvalue weighted by Crippen LogP contribution is 2.21. The molecule has 1 atom stereocenters. The maximum atomic E-state index is 12.2. The van der Waals surface area contributed by atoms with E-state index in [1.54, 1.807) is 23.2 Å². The van der Waals surface area contributed by atoms with Gasteiger partial charge in [-0.2, -0.15) is 0 Å². The molecule has 2 aromatic rings. The maximum absolute atomic E-state index is 12.2. The van der Waals surface area contributed by atoms with Crippen molar-refractivity contribution in [1.29, 1.82) is 0 Å². The summed E-state index contributed by atoms with van der Waals surface area (Å²) >= 11 is 0. The number of benzene rings is 1. The molecule has 0 radical (unpaired) electrons. The molecule has 0 saturated carbocycles. The van der Waals surface area contributed by atoms with Gasteiger partial charge in [0.05, 0.1) is 23.8 Å². The fraction of sp³-hybridized carbons (Fsp3) is 0.526. The molecule has 1 fully saturated rings. The summed E-state index contributed by atoms with van der Waals surface area (Å²) in [6.07, 6.45) is 3.30. The minimum absolute atomic E-state index is 0.250. The van der Waals surface area contributed by atoms with Crippen LogP contribution in [0.2, 0.25) is 0 Å². The Bertz CT molecular complexity index is 788. The van der Waals surface area contributed by atoms with Crippen molar-refractivity contribution < 1.29 is 14.3 Å². The van der Waals surface area contributed by atoms with E-state index in [9.17, 15) is 4.79 Å². The number of nitrogen functional groups attached to an aromatic ring is 1. The summed E-state index contributed by atoms with van der Waals surface area (Å²) < 4.78 is 11.3. The lowest BCUT2D eigenvalue weighted by molar-refractivity contribution is 0.0138. The molecule has 1 aliphatic heterocycles. The molecule has 0 spiro atoms. The van der Waals surface area contributed by atoms with Crippen LogP contribution < -0.4 is 10.5 Å². The van der Waals surface area contributed by atoms with Gasteiger partial charge >= 0.3 is 6.09 Å². The lowest BCUT2D eigenvalue weighted by atomic mass is 9.99. The third-order valence-corrected chi connectivity index (χ3v) is 4.18. The number of nitrogens with two attached hydrogens (primary N) is 1. The summed E-state index contributed by atoms with van der Waals surface area (Å²) in [6, 6.07) is 5.40. The predicted molar refractivity (Wildman–Crippen MR) is 100.0 cm³/mol. The van der Waals surface area contributed by atoms with Crippen molar-refractivity contribution >= 4 is 22.8 Å². The molecular weight excluding hydrogens is 332 g/mol. The number of ether oxygens (including phenoxy) is 2. The molecule has 1 aliphatic rings. The molecular formula is C19H26N4O3. The van der Waals surface area contributed by atoms with Crippen molar-refractivity contribution in [3.05, 3.63) is 24.4 Å². The number of aromatic nitrogens is 2. The van der Waals surface area contributed by atoms with E-state index in [1.807, 2.05) is 26.8 Å². The highest BCUT2D eigenvalue weighted by Gasteiger charge is 2.28. The van der Waals surface area contributed by atoms with Crippen molar-refractivity contribution in [2.45, 2.75) is 39.2 Å². The molecule has 0 bridgehead atoms. The number of nitrogens with zero attached hydrogens (tertiary/aromatic N) is 3. The van der Waals surface area contributed by atoms with Crippen molar-refractivity contribution in [2.75, 3.05) is 25.4 Å². The Kier molecular flexibility index (Phi) is 5.15. The largest absolute Gasteiger partial charge is 0.476 e. The second kappa shape index (κ2) is 7.35. The van der Waals surface area contributed by atoms with Gasteiger partial charge in [-0.15, -0.1) is 0 Å². The van der Waals surface area contributed by atoms with Crippen molar-refractivity contribution in [3.63, 3.8) is 0 Å². The minimum atomic E-state index is -0.482. The Balaban J connectivity index is 1.57. The smallest absolute Gasteiger partial charge is 0.410 e. The van der Waals surface area contributed by atoms with Crippen LogP contribution >= 0.6 is 0 Å². The monoisotopic (exact) mass is 358 g/mol. The quantitative estimate of drug-likeness (QED) is 0.847. The van der Waals surface area contributed by atoms with Crippen LogP contribution in [0.15, 0.2) is 24.4 Å². The number of piperidine rings is 1. The fourth-order valence-electron chi connectivity index (χ4n) is 2.98. The second-order valence-electron chi connectivity index (χ2n) is 7.70. The Morgan fingerprint density at radius 2 is 2.15 bits per heavy atom. The highest BCUT2D eigenvalue weighted by molar-refractivity contribution is 5.78. The lowest BCUT2D eigenvalue weighted by Crippen LogP contribution is -2.44. The zero-order valence-corrected chi connectivity index (χ0v) is 15.6. The molecule has 140 valence electrons. The van der Waals surface area contributed by atoms with Gasteiger partial charge in [0, 0.05) is 24.7 Å². The number of likely N-dealkylation sites (tertiary alicyclic amines) is 1. The molecule has 2 N–H and O–H groups in total. The van der Waals surface area contributed by atoms with Crippen LogP contribution in [0.3, 0.4) is 0 Å². The number of carbonyl (C=O) groups is 1. The van der Waals surface area contributed by atoms with Gasteiger partial charge < -0.3 is 20.1 Å². The van der Waals surface area contributed by atoms with Crippen LogP contribution in [-0.4, -0.2) is 46.3 Å². The average molecular weight is 358 g/mol. The molecule has 1 saturated heterocycles. The summed E-state index contributed by atoms with van der Waals surface area (Å²) in [5, 5.41) is 0. The van der Waals surface area contributed by atoms with Crippen molar-refractivity contribution in [3.8, 4) is 5.88 Å². The topological polar surface area (TPSA) is 90.6 Å². The molecule has 1 aromatic heterocycles. The Hall–Kier alpha value is -2.57.